The largest absolute Gasteiger partial charge is 0.300 e. The summed E-state index contributed by atoms with van der Waals surface area (Å²) in [6.45, 7) is 7.52. The molecule has 0 bridgehead atoms. The Kier molecular flexibility index (Phi) is 6.85. The number of benzene rings is 1. The van der Waals surface area contributed by atoms with E-state index in [9.17, 15) is 13.2 Å². The van der Waals surface area contributed by atoms with Gasteiger partial charge < -0.3 is 5.32 Å². The zero-order valence-corrected chi connectivity index (χ0v) is 17.1. The summed E-state index contributed by atoms with van der Waals surface area (Å²) in [7, 11) is -3.67. The van der Waals surface area contributed by atoms with Crippen molar-refractivity contribution in [3.05, 3.63) is 33.8 Å². The molecule has 0 atom stereocenters. The summed E-state index contributed by atoms with van der Waals surface area (Å²) < 4.78 is 27.6. The molecule has 1 heterocycles. The highest BCUT2D eigenvalue weighted by Crippen LogP contribution is 2.21. The molecule has 0 radical (unpaired) electrons. The van der Waals surface area contributed by atoms with E-state index in [4.69, 9.17) is 0 Å². The van der Waals surface area contributed by atoms with Crippen molar-refractivity contribution in [1.82, 2.24) is 14.9 Å². The summed E-state index contributed by atoms with van der Waals surface area (Å²) in [6, 6.07) is 3.66. The first-order valence-corrected chi connectivity index (χ1v) is 10.7. The number of aromatic nitrogens is 2. The molecule has 0 spiro atoms. The van der Waals surface area contributed by atoms with Gasteiger partial charge in [0, 0.05) is 19.4 Å². The predicted molar refractivity (Wildman–Crippen MR) is 103 cm³/mol. The van der Waals surface area contributed by atoms with Crippen LogP contribution in [0.25, 0.3) is 0 Å². The number of carbonyl (C=O) groups excluding carboxylic acids is 1. The zero-order chi connectivity index (χ0) is 19.3. The van der Waals surface area contributed by atoms with Gasteiger partial charge in [-0.1, -0.05) is 36.0 Å². The van der Waals surface area contributed by atoms with Gasteiger partial charge in [-0.3, -0.25) is 4.79 Å². The fourth-order valence-electron chi connectivity index (χ4n) is 2.76. The smallest absolute Gasteiger partial charge is 0.241 e. The lowest BCUT2D eigenvalue weighted by atomic mass is 10.1. The minimum absolute atomic E-state index is 0.0154. The number of amides is 1. The van der Waals surface area contributed by atoms with Crippen LogP contribution in [0.4, 0.5) is 5.13 Å². The van der Waals surface area contributed by atoms with Gasteiger partial charge in [-0.2, -0.15) is 0 Å². The highest BCUT2D eigenvalue weighted by atomic mass is 32.2. The van der Waals surface area contributed by atoms with E-state index in [0.29, 0.717) is 16.3 Å². The Morgan fingerprint density at radius 3 is 2.42 bits per heavy atom. The molecule has 1 aromatic carbocycles. The van der Waals surface area contributed by atoms with Gasteiger partial charge in [0.05, 0.1) is 4.90 Å². The van der Waals surface area contributed by atoms with E-state index in [-0.39, 0.29) is 23.8 Å². The first kappa shape index (κ1) is 20.5. The van der Waals surface area contributed by atoms with Gasteiger partial charge in [0.25, 0.3) is 0 Å². The van der Waals surface area contributed by atoms with Crippen molar-refractivity contribution in [3.8, 4) is 0 Å². The average Bonchev–Trinajstić information content (AvgIpc) is 2.93. The Morgan fingerprint density at radius 1 is 1.15 bits per heavy atom. The van der Waals surface area contributed by atoms with Gasteiger partial charge in [0.15, 0.2) is 0 Å². The molecule has 9 heteroatoms. The molecule has 0 aliphatic heterocycles. The molecule has 0 aliphatic carbocycles. The average molecular weight is 397 g/mol. The Bertz CT molecular complexity index is 868. The van der Waals surface area contributed by atoms with Crippen LogP contribution in [0.2, 0.25) is 0 Å². The van der Waals surface area contributed by atoms with E-state index in [1.807, 2.05) is 26.0 Å². The minimum Gasteiger partial charge on any atom is -0.300 e. The molecule has 2 aromatic rings. The number of rotatable bonds is 8. The van der Waals surface area contributed by atoms with Crippen molar-refractivity contribution in [3.63, 3.8) is 0 Å². The third-order valence-electron chi connectivity index (χ3n) is 3.69. The number of anilines is 1. The summed E-state index contributed by atoms with van der Waals surface area (Å²) >= 11 is 1.33. The van der Waals surface area contributed by atoms with Crippen LogP contribution in [0.15, 0.2) is 17.0 Å². The van der Waals surface area contributed by atoms with Crippen LogP contribution in [0.1, 0.15) is 41.5 Å². The normalized spacial score (nSPS) is 11.5. The molecule has 142 valence electrons. The Morgan fingerprint density at radius 2 is 1.81 bits per heavy atom. The number of aryl methyl sites for hydroxylation is 4. The third-order valence-corrected chi connectivity index (χ3v) is 6.36. The molecule has 2 N–H and O–H groups in total. The van der Waals surface area contributed by atoms with Crippen molar-refractivity contribution >= 4 is 32.4 Å². The Hall–Kier alpha value is -1.84. The molecule has 1 aromatic heterocycles. The molecule has 1 amide bonds. The molecule has 0 saturated carbocycles. The van der Waals surface area contributed by atoms with Crippen molar-refractivity contribution in [2.45, 2.75) is 51.9 Å². The van der Waals surface area contributed by atoms with Crippen LogP contribution in [0.3, 0.4) is 0 Å². The van der Waals surface area contributed by atoms with E-state index in [1.54, 1.807) is 13.8 Å². The number of hydrogen-bond acceptors (Lipinski definition) is 6. The van der Waals surface area contributed by atoms with Gasteiger partial charge >= 0.3 is 0 Å². The second-order valence-corrected chi connectivity index (χ2v) is 8.94. The molecule has 2 rings (SSSR count). The first-order chi connectivity index (χ1) is 12.2. The molecular formula is C17H24N4O3S2. The first-order valence-electron chi connectivity index (χ1n) is 8.42. The van der Waals surface area contributed by atoms with E-state index in [1.165, 1.54) is 11.3 Å². The van der Waals surface area contributed by atoms with Crippen molar-refractivity contribution in [2.24, 2.45) is 0 Å². The standard InChI is InChI=1S/C17H24N4O3S2/c1-5-6-15-20-21-17(25-15)19-14(22)7-8-18-26(23,24)16-12(3)9-11(2)10-13(16)4/h9-10,18H,5-8H2,1-4H3,(H,19,21,22). The van der Waals surface area contributed by atoms with Crippen LogP contribution in [-0.2, 0) is 21.2 Å². The van der Waals surface area contributed by atoms with Crippen LogP contribution in [0, 0.1) is 20.8 Å². The zero-order valence-electron chi connectivity index (χ0n) is 15.4. The second-order valence-electron chi connectivity index (χ2n) is 6.17. The molecule has 0 unspecified atom stereocenters. The number of carbonyl (C=O) groups is 1. The Balaban J connectivity index is 1.92. The molecule has 7 nitrogen and oxygen atoms in total. The maximum absolute atomic E-state index is 12.5. The summed E-state index contributed by atoms with van der Waals surface area (Å²) in [5, 5.41) is 11.8. The van der Waals surface area contributed by atoms with E-state index < -0.39 is 10.0 Å². The number of hydrogen-bond donors (Lipinski definition) is 2. The maximum atomic E-state index is 12.5. The quantitative estimate of drug-likeness (QED) is 0.714. The molecular weight excluding hydrogens is 372 g/mol. The maximum Gasteiger partial charge on any atom is 0.241 e. The lowest BCUT2D eigenvalue weighted by molar-refractivity contribution is -0.116. The van der Waals surface area contributed by atoms with Gasteiger partial charge in [0.1, 0.15) is 5.01 Å². The Labute approximate surface area is 158 Å². The van der Waals surface area contributed by atoms with E-state index >= 15 is 0 Å². The van der Waals surface area contributed by atoms with Crippen molar-refractivity contribution < 1.29 is 13.2 Å². The summed E-state index contributed by atoms with van der Waals surface area (Å²) in [5.41, 5.74) is 2.39. The molecule has 26 heavy (non-hydrogen) atoms. The number of sulfonamides is 1. The van der Waals surface area contributed by atoms with E-state index in [0.717, 1.165) is 23.4 Å². The predicted octanol–water partition coefficient (Wildman–Crippen LogP) is 2.72. The van der Waals surface area contributed by atoms with Gasteiger partial charge in [-0.25, -0.2) is 13.1 Å². The molecule has 0 saturated heterocycles. The SMILES string of the molecule is CCCc1nnc(NC(=O)CCNS(=O)(=O)c2c(C)cc(C)cc2C)s1. The topological polar surface area (TPSA) is 101 Å². The number of nitrogens with zero attached hydrogens (tertiary/aromatic N) is 2. The van der Waals surface area contributed by atoms with Crippen LogP contribution >= 0.6 is 11.3 Å². The monoisotopic (exact) mass is 396 g/mol. The summed E-state index contributed by atoms with van der Waals surface area (Å²) in [4.78, 5) is 12.2. The summed E-state index contributed by atoms with van der Waals surface area (Å²) in [5.74, 6) is -0.302. The highest BCUT2D eigenvalue weighted by molar-refractivity contribution is 7.89. The molecule has 0 aliphatic rings. The summed E-state index contributed by atoms with van der Waals surface area (Å²) in [6.07, 6.45) is 1.80. The number of nitrogens with one attached hydrogen (secondary N) is 2. The van der Waals surface area contributed by atoms with Gasteiger partial charge in [-0.05, 0) is 38.3 Å². The highest BCUT2D eigenvalue weighted by Gasteiger charge is 2.20. The second kappa shape index (κ2) is 8.70. The fraction of sp³-hybridized carbons (Fsp3) is 0.471. The van der Waals surface area contributed by atoms with Crippen molar-refractivity contribution in [2.75, 3.05) is 11.9 Å². The van der Waals surface area contributed by atoms with Crippen LogP contribution in [-0.4, -0.2) is 31.1 Å². The van der Waals surface area contributed by atoms with E-state index in [2.05, 4.69) is 20.2 Å². The lowest BCUT2D eigenvalue weighted by Gasteiger charge is -2.13. The minimum atomic E-state index is -3.67. The van der Waals surface area contributed by atoms with Crippen molar-refractivity contribution in [1.29, 1.82) is 0 Å². The van der Waals surface area contributed by atoms with Gasteiger partial charge in [-0.15, -0.1) is 10.2 Å². The van der Waals surface area contributed by atoms with Crippen LogP contribution < -0.4 is 10.0 Å². The lowest BCUT2D eigenvalue weighted by Crippen LogP contribution is -2.29. The van der Waals surface area contributed by atoms with Gasteiger partial charge in [0.2, 0.25) is 21.1 Å². The molecule has 0 fully saturated rings. The third kappa shape index (κ3) is 5.33. The fourth-order valence-corrected chi connectivity index (χ4v) is 5.10. The van der Waals surface area contributed by atoms with Crippen LogP contribution in [0.5, 0.6) is 0 Å².